The van der Waals surface area contributed by atoms with Crippen LogP contribution in [0.3, 0.4) is 0 Å². The van der Waals surface area contributed by atoms with E-state index >= 15 is 0 Å². The summed E-state index contributed by atoms with van der Waals surface area (Å²) in [5.41, 5.74) is 2.74. The topological polar surface area (TPSA) is 89.7 Å². The number of aryl methyl sites for hydroxylation is 1. The average molecular weight is 437 g/mol. The minimum Gasteiger partial charge on any atom is -0.486 e. The molecule has 144 valence electrons. The van der Waals surface area contributed by atoms with Gasteiger partial charge < -0.3 is 24.5 Å². The zero-order valence-electron chi connectivity index (χ0n) is 15.6. The lowest BCUT2D eigenvalue weighted by molar-refractivity contribution is 0.0599. The van der Waals surface area contributed by atoms with E-state index in [4.69, 9.17) is 14.2 Å². The van der Waals surface area contributed by atoms with Gasteiger partial charge in [-0.05, 0) is 44.0 Å². The van der Waals surface area contributed by atoms with Crippen LogP contribution in [-0.4, -0.2) is 37.2 Å². The highest BCUT2D eigenvalue weighted by atomic mass is 79.9. The van der Waals surface area contributed by atoms with Crippen LogP contribution in [0.1, 0.15) is 50.6 Å². The number of carbonyl (C=O) groups is 2. The van der Waals surface area contributed by atoms with Gasteiger partial charge in [0.25, 0.3) is 5.91 Å². The molecule has 3 rings (SSSR count). The van der Waals surface area contributed by atoms with Crippen LogP contribution < -0.4 is 14.8 Å². The van der Waals surface area contributed by atoms with Crippen molar-refractivity contribution in [2.45, 2.75) is 26.8 Å². The van der Waals surface area contributed by atoms with Gasteiger partial charge in [-0.3, -0.25) is 4.79 Å². The third-order valence-electron chi connectivity index (χ3n) is 4.53. The maximum atomic E-state index is 12.8. The number of ether oxygens (including phenoxy) is 3. The standard InChI is InChI=1S/C19H21BrN2O5/c1-9-16(19(24)25-4)11(3)21-17(9)18(23)22-10(2)12-7-14-15(8-13(12)20)27-6-5-26-14/h7-8,10,21H,5-6H2,1-4H3,(H,22,23). The molecule has 0 saturated carbocycles. The van der Waals surface area contributed by atoms with E-state index in [9.17, 15) is 9.59 Å². The van der Waals surface area contributed by atoms with Crippen molar-refractivity contribution in [1.29, 1.82) is 0 Å². The molecule has 0 spiro atoms. The second-order valence-corrected chi connectivity index (χ2v) is 7.18. The molecule has 0 saturated heterocycles. The van der Waals surface area contributed by atoms with Crippen molar-refractivity contribution < 1.29 is 23.8 Å². The molecule has 2 aromatic rings. The van der Waals surface area contributed by atoms with Gasteiger partial charge >= 0.3 is 5.97 Å². The number of esters is 1. The number of hydrogen-bond acceptors (Lipinski definition) is 5. The maximum Gasteiger partial charge on any atom is 0.339 e. The molecule has 0 fully saturated rings. The number of aromatic amines is 1. The Labute approximate surface area is 165 Å². The summed E-state index contributed by atoms with van der Waals surface area (Å²) in [4.78, 5) is 27.7. The van der Waals surface area contributed by atoms with Gasteiger partial charge in [0.15, 0.2) is 11.5 Å². The molecule has 27 heavy (non-hydrogen) atoms. The Bertz CT molecular complexity index is 906. The van der Waals surface area contributed by atoms with E-state index in [0.29, 0.717) is 47.2 Å². The summed E-state index contributed by atoms with van der Waals surface area (Å²) in [6.07, 6.45) is 0. The van der Waals surface area contributed by atoms with E-state index in [1.807, 2.05) is 19.1 Å². The molecule has 1 amide bonds. The molecule has 0 aliphatic carbocycles. The third-order valence-corrected chi connectivity index (χ3v) is 5.22. The van der Waals surface area contributed by atoms with Crippen LogP contribution in [0.2, 0.25) is 0 Å². The maximum absolute atomic E-state index is 12.8. The van der Waals surface area contributed by atoms with Gasteiger partial charge in [0.1, 0.15) is 18.9 Å². The Kier molecular flexibility index (Phi) is 5.46. The van der Waals surface area contributed by atoms with E-state index in [-0.39, 0.29) is 11.9 Å². The molecule has 0 radical (unpaired) electrons. The van der Waals surface area contributed by atoms with Crippen LogP contribution in [0.4, 0.5) is 0 Å². The fraction of sp³-hybridized carbons (Fsp3) is 0.368. The normalized spacial score (nSPS) is 13.8. The molecular formula is C19H21BrN2O5. The summed E-state index contributed by atoms with van der Waals surface area (Å²) >= 11 is 3.52. The number of aromatic nitrogens is 1. The van der Waals surface area contributed by atoms with Crippen LogP contribution in [0.25, 0.3) is 0 Å². The third kappa shape index (κ3) is 3.66. The summed E-state index contributed by atoms with van der Waals surface area (Å²) < 4.78 is 16.8. The van der Waals surface area contributed by atoms with E-state index in [2.05, 4.69) is 26.2 Å². The summed E-state index contributed by atoms with van der Waals surface area (Å²) in [5, 5.41) is 2.95. The highest BCUT2D eigenvalue weighted by Crippen LogP contribution is 2.37. The number of halogens is 1. The van der Waals surface area contributed by atoms with Gasteiger partial charge in [-0.15, -0.1) is 0 Å². The van der Waals surface area contributed by atoms with Gasteiger partial charge in [0.2, 0.25) is 0 Å². The van der Waals surface area contributed by atoms with Crippen molar-refractivity contribution in [2.75, 3.05) is 20.3 Å². The smallest absolute Gasteiger partial charge is 0.339 e. The van der Waals surface area contributed by atoms with E-state index < -0.39 is 5.97 Å². The molecule has 1 aromatic heterocycles. The second kappa shape index (κ2) is 7.64. The summed E-state index contributed by atoms with van der Waals surface area (Å²) in [6, 6.07) is 3.40. The van der Waals surface area contributed by atoms with Gasteiger partial charge in [0, 0.05) is 10.2 Å². The SMILES string of the molecule is COC(=O)c1c(C)[nH]c(C(=O)NC(C)c2cc3c(cc2Br)OCCO3)c1C. The lowest BCUT2D eigenvalue weighted by Crippen LogP contribution is -2.28. The fourth-order valence-electron chi connectivity index (χ4n) is 3.14. The van der Waals surface area contributed by atoms with Crippen LogP contribution in [0, 0.1) is 13.8 Å². The monoisotopic (exact) mass is 436 g/mol. The van der Waals surface area contributed by atoms with E-state index in [1.165, 1.54) is 7.11 Å². The van der Waals surface area contributed by atoms with E-state index in [0.717, 1.165) is 10.0 Å². The van der Waals surface area contributed by atoms with E-state index in [1.54, 1.807) is 13.8 Å². The first-order valence-corrected chi connectivity index (χ1v) is 9.30. The molecule has 2 heterocycles. The highest BCUT2D eigenvalue weighted by Gasteiger charge is 2.24. The second-order valence-electron chi connectivity index (χ2n) is 6.33. The molecule has 1 atom stereocenters. The average Bonchev–Trinajstić information content (AvgIpc) is 2.94. The lowest BCUT2D eigenvalue weighted by Gasteiger charge is -2.22. The Balaban J connectivity index is 1.84. The molecule has 7 nitrogen and oxygen atoms in total. The molecule has 8 heteroatoms. The molecule has 1 unspecified atom stereocenters. The van der Waals surface area contributed by atoms with Gasteiger partial charge in [-0.1, -0.05) is 15.9 Å². The van der Waals surface area contributed by atoms with Crippen molar-refractivity contribution in [3.8, 4) is 11.5 Å². The quantitative estimate of drug-likeness (QED) is 0.716. The number of rotatable bonds is 4. The number of nitrogens with one attached hydrogen (secondary N) is 2. The molecular weight excluding hydrogens is 416 g/mol. The zero-order chi connectivity index (χ0) is 19.7. The van der Waals surface area contributed by atoms with Gasteiger partial charge in [-0.2, -0.15) is 0 Å². The molecule has 2 N–H and O–H groups in total. The van der Waals surface area contributed by atoms with Crippen LogP contribution in [0.15, 0.2) is 16.6 Å². The van der Waals surface area contributed by atoms with Crippen molar-refractivity contribution in [1.82, 2.24) is 10.3 Å². The summed E-state index contributed by atoms with van der Waals surface area (Å²) in [7, 11) is 1.31. The van der Waals surface area contributed by atoms with Crippen LogP contribution in [0.5, 0.6) is 11.5 Å². The lowest BCUT2D eigenvalue weighted by atomic mass is 10.1. The van der Waals surface area contributed by atoms with Crippen LogP contribution in [-0.2, 0) is 4.74 Å². The van der Waals surface area contributed by atoms with Gasteiger partial charge in [-0.25, -0.2) is 4.79 Å². The Morgan fingerprint density at radius 1 is 1.22 bits per heavy atom. The largest absolute Gasteiger partial charge is 0.486 e. The number of benzene rings is 1. The molecule has 0 bridgehead atoms. The molecule has 1 aliphatic heterocycles. The molecule has 1 aromatic carbocycles. The van der Waals surface area contributed by atoms with Crippen molar-refractivity contribution in [2.24, 2.45) is 0 Å². The first-order chi connectivity index (χ1) is 12.8. The zero-order valence-corrected chi connectivity index (χ0v) is 17.2. The fourth-order valence-corrected chi connectivity index (χ4v) is 3.81. The number of fused-ring (bicyclic) bond motifs is 1. The Morgan fingerprint density at radius 3 is 2.48 bits per heavy atom. The van der Waals surface area contributed by atoms with Crippen molar-refractivity contribution >= 4 is 27.8 Å². The number of H-pyrrole nitrogens is 1. The van der Waals surface area contributed by atoms with Crippen molar-refractivity contribution in [3.05, 3.63) is 44.7 Å². The number of amides is 1. The minimum atomic E-state index is -0.470. The predicted molar refractivity (Wildman–Crippen MR) is 103 cm³/mol. The minimum absolute atomic E-state index is 0.299. The number of hydrogen-bond donors (Lipinski definition) is 2. The first kappa shape index (κ1) is 19.3. The number of carbonyl (C=O) groups excluding carboxylic acids is 2. The summed E-state index contributed by atoms with van der Waals surface area (Å²) in [5.74, 6) is 0.553. The van der Waals surface area contributed by atoms with Crippen molar-refractivity contribution in [3.63, 3.8) is 0 Å². The number of methoxy groups -OCH3 is 1. The highest BCUT2D eigenvalue weighted by molar-refractivity contribution is 9.10. The predicted octanol–water partition coefficient (Wildman–Crippen LogP) is 3.44. The first-order valence-electron chi connectivity index (χ1n) is 8.50. The Morgan fingerprint density at radius 2 is 1.85 bits per heavy atom. The summed E-state index contributed by atoms with van der Waals surface area (Å²) in [6.45, 7) is 6.33. The molecule has 1 aliphatic rings. The van der Waals surface area contributed by atoms with Gasteiger partial charge in [0.05, 0.1) is 18.7 Å². The Hall–Kier alpha value is -2.48. The van der Waals surface area contributed by atoms with Crippen LogP contribution >= 0.6 is 15.9 Å².